The number of carbonyl (C=O) groups is 1. The van der Waals surface area contributed by atoms with E-state index in [9.17, 15) is 9.90 Å². The van der Waals surface area contributed by atoms with Gasteiger partial charge in [0.2, 0.25) is 5.91 Å². The number of rotatable bonds is 7. The summed E-state index contributed by atoms with van der Waals surface area (Å²) in [5.41, 5.74) is 2.70. The van der Waals surface area contributed by atoms with Crippen molar-refractivity contribution in [1.29, 1.82) is 0 Å². The lowest BCUT2D eigenvalue weighted by molar-refractivity contribution is -0.116. The maximum absolute atomic E-state index is 12.3. The minimum absolute atomic E-state index is 0.0572. The van der Waals surface area contributed by atoms with Crippen LogP contribution in [0.25, 0.3) is 11.3 Å². The summed E-state index contributed by atoms with van der Waals surface area (Å²) in [5.74, 6) is 1.25. The van der Waals surface area contributed by atoms with Crippen LogP contribution < -0.4 is 5.32 Å². The quantitative estimate of drug-likeness (QED) is 0.693. The Bertz CT molecular complexity index is 837. The van der Waals surface area contributed by atoms with Crippen LogP contribution in [0, 0.1) is 6.92 Å². The number of hydrogen-bond donors (Lipinski definition) is 2. The number of nitrogens with one attached hydrogen (secondary N) is 1. The van der Waals surface area contributed by atoms with Crippen molar-refractivity contribution >= 4 is 11.7 Å². The molecule has 0 saturated heterocycles. The Morgan fingerprint density at radius 1 is 1.28 bits per heavy atom. The maximum atomic E-state index is 12.3. The summed E-state index contributed by atoms with van der Waals surface area (Å²) in [6.45, 7) is 2.11. The molecule has 0 aliphatic carbocycles. The van der Waals surface area contributed by atoms with Gasteiger partial charge in [-0.25, -0.2) is 4.68 Å². The topological polar surface area (TPSA) is 80.3 Å². The summed E-state index contributed by atoms with van der Waals surface area (Å²) in [4.78, 5) is 12.3. The van der Waals surface area contributed by atoms with E-state index in [0.717, 1.165) is 16.9 Å². The SMILES string of the molecule is Cc1occc1-c1cc(NC(=O)CCc2ccccc2)n(CCO)n1. The van der Waals surface area contributed by atoms with E-state index in [1.165, 1.54) is 0 Å². The Kier molecular flexibility index (Phi) is 5.30. The number of furan rings is 1. The number of aromatic nitrogens is 2. The van der Waals surface area contributed by atoms with Crippen molar-refractivity contribution in [3.8, 4) is 11.3 Å². The largest absolute Gasteiger partial charge is 0.469 e. The van der Waals surface area contributed by atoms with E-state index in [-0.39, 0.29) is 12.5 Å². The highest BCUT2D eigenvalue weighted by atomic mass is 16.3. The van der Waals surface area contributed by atoms with Gasteiger partial charge in [-0.3, -0.25) is 4.79 Å². The first-order chi connectivity index (χ1) is 12.2. The van der Waals surface area contributed by atoms with E-state index in [1.807, 2.05) is 43.3 Å². The van der Waals surface area contributed by atoms with Crippen molar-refractivity contribution in [2.24, 2.45) is 0 Å². The second kappa shape index (κ2) is 7.81. The number of hydrogen-bond acceptors (Lipinski definition) is 4. The molecule has 2 heterocycles. The molecule has 0 bridgehead atoms. The van der Waals surface area contributed by atoms with Gasteiger partial charge in [-0.1, -0.05) is 30.3 Å². The Balaban J connectivity index is 1.71. The van der Waals surface area contributed by atoms with E-state index in [0.29, 0.717) is 30.9 Å². The molecule has 6 heteroatoms. The first kappa shape index (κ1) is 17.0. The van der Waals surface area contributed by atoms with Crippen molar-refractivity contribution in [1.82, 2.24) is 9.78 Å². The van der Waals surface area contributed by atoms with Gasteiger partial charge < -0.3 is 14.8 Å². The molecule has 0 spiro atoms. The molecule has 0 aliphatic heterocycles. The number of aryl methyl sites for hydroxylation is 2. The zero-order valence-electron chi connectivity index (χ0n) is 14.1. The van der Waals surface area contributed by atoms with Crippen molar-refractivity contribution < 1.29 is 14.3 Å². The monoisotopic (exact) mass is 339 g/mol. The summed E-state index contributed by atoms with van der Waals surface area (Å²) in [7, 11) is 0. The third-order valence-electron chi connectivity index (χ3n) is 3.98. The molecule has 0 atom stereocenters. The highest BCUT2D eigenvalue weighted by Crippen LogP contribution is 2.26. The Morgan fingerprint density at radius 2 is 2.08 bits per heavy atom. The molecule has 2 N–H and O–H groups in total. The fraction of sp³-hybridized carbons (Fsp3) is 0.263. The molecule has 130 valence electrons. The zero-order valence-corrected chi connectivity index (χ0v) is 14.1. The summed E-state index contributed by atoms with van der Waals surface area (Å²) < 4.78 is 6.91. The summed E-state index contributed by atoms with van der Waals surface area (Å²) >= 11 is 0. The van der Waals surface area contributed by atoms with Gasteiger partial charge in [0, 0.05) is 18.1 Å². The number of benzene rings is 1. The van der Waals surface area contributed by atoms with Gasteiger partial charge in [0.05, 0.1) is 25.1 Å². The summed E-state index contributed by atoms with van der Waals surface area (Å²) in [5, 5.41) is 16.6. The first-order valence-electron chi connectivity index (χ1n) is 8.24. The molecule has 6 nitrogen and oxygen atoms in total. The standard InChI is InChI=1S/C19H21N3O3/c1-14-16(9-12-25-14)17-13-18(22(21-17)10-11-23)20-19(24)8-7-15-5-3-2-4-6-15/h2-6,9,12-13,23H,7-8,10-11H2,1H3,(H,20,24). The van der Waals surface area contributed by atoms with Gasteiger partial charge in [-0.05, 0) is 25.0 Å². The van der Waals surface area contributed by atoms with Crippen molar-refractivity contribution in [2.75, 3.05) is 11.9 Å². The number of nitrogens with zero attached hydrogens (tertiary/aromatic N) is 2. The van der Waals surface area contributed by atoms with Crippen LogP contribution in [-0.2, 0) is 17.8 Å². The molecule has 0 unspecified atom stereocenters. The molecule has 25 heavy (non-hydrogen) atoms. The molecule has 3 aromatic rings. The molecule has 3 rings (SSSR count). The van der Waals surface area contributed by atoms with E-state index in [1.54, 1.807) is 17.0 Å². The van der Waals surface area contributed by atoms with Gasteiger partial charge in [0.1, 0.15) is 11.6 Å². The van der Waals surface area contributed by atoms with Crippen LogP contribution in [-0.4, -0.2) is 27.4 Å². The van der Waals surface area contributed by atoms with Crippen LogP contribution in [0.15, 0.2) is 53.1 Å². The third kappa shape index (κ3) is 4.16. The molecule has 1 amide bonds. The Labute approximate surface area is 146 Å². The fourth-order valence-corrected chi connectivity index (χ4v) is 2.67. The lowest BCUT2D eigenvalue weighted by atomic mass is 10.1. The third-order valence-corrected chi connectivity index (χ3v) is 3.98. The molecule has 2 aromatic heterocycles. The van der Waals surface area contributed by atoms with E-state index < -0.39 is 0 Å². The molecule has 0 saturated carbocycles. The average Bonchev–Trinajstić information content (AvgIpc) is 3.21. The smallest absolute Gasteiger partial charge is 0.225 e. The van der Waals surface area contributed by atoms with Gasteiger partial charge in [-0.15, -0.1) is 0 Å². The zero-order chi connectivity index (χ0) is 17.6. The van der Waals surface area contributed by atoms with Crippen LogP contribution in [0.1, 0.15) is 17.7 Å². The van der Waals surface area contributed by atoms with Crippen LogP contribution in [0.2, 0.25) is 0 Å². The number of aliphatic hydroxyl groups is 1. The number of carbonyl (C=O) groups excluding carboxylic acids is 1. The summed E-state index contributed by atoms with van der Waals surface area (Å²) in [6, 6.07) is 13.5. The van der Waals surface area contributed by atoms with Crippen molar-refractivity contribution in [3.63, 3.8) is 0 Å². The van der Waals surface area contributed by atoms with E-state index in [4.69, 9.17) is 4.42 Å². The lowest BCUT2D eigenvalue weighted by Crippen LogP contribution is -2.17. The number of aliphatic hydroxyl groups excluding tert-OH is 1. The van der Waals surface area contributed by atoms with Gasteiger partial charge in [-0.2, -0.15) is 5.10 Å². The Hall–Kier alpha value is -2.86. The number of anilines is 1. The first-order valence-corrected chi connectivity index (χ1v) is 8.24. The predicted molar refractivity (Wildman–Crippen MR) is 95.1 cm³/mol. The molecular formula is C19H21N3O3. The van der Waals surface area contributed by atoms with Crippen LogP contribution in [0.4, 0.5) is 5.82 Å². The van der Waals surface area contributed by atoms with Crippen LogP contribution in [0.5, 0.6) is 0 Å². The van der Waals surface area contributed by atoms with Crippen molar-refractivity contribution in [3.05, 3.63) is 60.1 Å². The molecular weight excluding hydrogens is 318 g/mol. The lowest BCUT2D eigenvalue weighted by Gasteiger charge is -2.07. The van der Waals surface area contributed by atoms with Crippen LogP contribution in [0.3, 0.4) is 0 Å². The molecule has 1 aromatic carbocycles. The van der Waals surface area contributed by atoms with Crippen molar-refractivity contribution in [2.45, 2.75) is 26.3 Å². The van der Waals surface area contributed by atoms with E-state index >= 15 is 0 Å². The van der Waals surface area contributed by atoms with Gasteiger partial charge in [0.25, 0.3) is 0 Å². The molecule has 0 aliphatic rings. The second-order valence-corrected chi connectivity index (χ2v) is 5.79. The molecule has 0 fully saturated rings. The minimum Gasteiger partial charge on any atom is -0.469 e. The fourth-order valence-electron chi connectivity index (χ4n) is 2.67. The van der Waals surface area contributed by atoms with Gasteiger partial charge in [0.15, 0.2) is 0 Å². The predicted octanol–water partition coefficient (Wildman–Crippen LogP) is 3.02. The van der Waals surface area contributed by atoms with Gasteiger partial charge >= 0.3 is 0 Å². The highest BCUT2D eigenvalue weighted by Gasteiger charge is 2.14. The normalized spacial score (nSPS) is 10.8. The maximum Gasteiger partial charge on any atom is 0.225 e. The van der Waals surface area contributed by atoms with Crippen LogP contribution >= 0.6 is 0 Å². The molecule has 0 radical (unpaired) electrons. The minimum atomic E-state index is -0.0848. The average molecular weight is 339 g/mol. The Morgan fingerprint density at radius 3 is 2.76 bits per heavy atom. The summed E-state index contributed by atoms with van der Waals surface area (Å²) in [6.07, 6.45) is 2.66. The number of amides is 1. The van der Waals surface area contributed by atoms with E-state index in [2.05, 4.69) is 10.4 Å². The highest BCUT2D eigenvalue weighted by molar-refractivity contribution is 5.90. The second-order valence-electron chi connectivity index (χ2n) is 5.79.